The number of aryl methyl sites for hydroxylation is 1. The van der Waals surface area contributed by atoms with Crippen molar-refractivity contribution in [3.8, 4) is 0 Å². The largest absolute Gasteiger partial charge is 0.364 e. The summed E-state index contributed by atoms with van der Waals surface area (Å²) >= 11 is 1.50. The van der Waals surface area contributed by atoms with Gasteiger partial charge in [-0.25, -0.2) is 0 Å². The highest BCUT2D eigenvalue weighted by molar-refractivity contribution is 7.14. The van der Waals surface area contributed by atoms with E-state index in [1.807, 2.05) is 30.3 Å². The molecule has 4 N–H and O–H groups in total. The third kappa shape index (κ3) is 4.53. The van der Waals surface area contributed by atoms with Crippen LogP contribution >= 0.6 is 11.3 Å². The summed E-state index contributed by atoms with van der Waals surface area (Å²) in [5.74, 6) is -0.0283. The van der Waals surface area contributed by atoms with Gasteiger partial charge in [-0.2, -0.15) is 4.98 Å². The molecule has 0 spiro atoms. The van der Waals surface area contributed by atoms with E-state index in [9.17, 15) is 9.59 Å². The molecule has 1 aliphatic carbocycles. The molecule has 154 valence electrons. The zero-order valence-corrected chi connectivity index (χ0v) is 17.5. The number of hydrogen-bond donors (Lipinski definition) is 3. The zero-order chi connectivity index (χ0) is 21.1. The first kappa shape index (κ1) is 20.7. The van der Waals surface area contributed by atoms with E-state index in [4.69, 9.17) is 5.73 Å². The van der Waals surface area contributed by atoms with Gasteiger partial charge in [-0.15, -0.1) is 21.5 Å². The Balaban J connectivity index is 1.82. The number of amides is 2. The molecule has 9 nitrogen and oxygen atoms in total. The molecule has 0 radical (unpaired) electrons. The molecule has 1 aliphatic rings. The summed E-state index contributed by atoms with van der Waals surface area (Å²) in [6.45, 7) is 7.57. The Morgan fingerprint density at radius 2 is 2.14 bits per heavy atom. The minimum absolute atomic E-state index is 0.0104. The van der Waals surface area contributed by atoms with Gasteiger partial charge in [0.25, 0.3) is 5.91 Å². The lowest BCUT2D eigenvalue weighted by Crippen LogP contribution is -2.42. The van der Waals surface area contributed by atoms with Crippen molar-refractivity contribution < 1.29 is 9.59 Å². The van der Waals surface area contributed by atoms with Gasteiger partial charge in [0, 0.05) is 19.1 Å². The first-order valence-corrected chi connectivity index (χ1v) is 10.2. The predicted octanol–water partition coefficient (Wildman–Crippen LogP) is 1.99. The maximum atomic E-state index is 11.8. The Bertz CT molecular complexity index is 929. The monoisotopic (exact) mass is 415 g/mol. The highest BCUT2D eigenvalue weighted by Crippen LogP contribution is 2.32. The summed E-state index contributed by atoms with van der Waals surface area (Å²) in [5, 5.41) is 17.0. The number of primary amides is 1. The van der Waals surface area contributed by atoms with E-state index in [0.717, 1.165) is 23.4 Å². The van der Waals surface area contributed by atoms with Crippen LogP contribution < -0.4 is 21.3 Å². The third-order valence-corrected chi connectivity index (χ3v) is 6.19. The molecule has 1 unspecified atom stereocenters. The SMILES string of the molecule is C=CC(=O)NC1CC[C@@H](N(C)c2nnc(C(N)=O)c(Nc3cc(C)cs3)n2)[C@H]1C. The zero-order valence-electron chi connectivity index (χ0n) is 16.7. The van der Waals surface area contributed by atoms with E-state index in [1.165, 1.54) is 17.4 Å². The number of carbonyl (C=O) groups is 2. The lowest BCUT2D eigenvalue weighted by molar-refractivity contribution is -0.117. The van der Waals surface area contributed by atoms with E-state index in [2.05, 4.69) is 39.3 Å². The van der Waals surface area contributed by atoms with Crippen molar-refractivity contribution >= 4 is 39.9 Å². The van der Waals surface area contributed by atoms with Crippen LogP contribution in [0.3, 0.4) is 0 Å². The number of nitrogens with two attached hydrogens (primary N) is 1. The van der Waals surface area contributed by atoms with Crippen molar-refractivity contribution in [1.29, 1.82) is 0 Å². The van der Waals surface area contributed by atoms with Crippen LogP contribution in [-0.4, -0.2) is 46.1 Å². The summed E-state index contributed by atoms with van der Waals surface area (Å²) in [7, 11) is 1.89. The van der Waals surface area contributed by atoms with Gasteiger partial charge in [0.15, 0.2) is 11.5 Å². The first-order chi connectivity index (χ1) is 13.8. The van der Waals surface area contributed by atoms with E-state index in [1.54, 1.807) is 0 Å². The maximum absolute atomic E-state index is 11.8. The number of carbonyl (C=O) groups excluding carboxylic acids is 2. The first-order valence-electron chi connectivity index (χ1n) is 9.32. The Labute approximate surface area is 173 Å². The molecule has 0 saturated heterocycles. The molecule has 3 atom stereocenters. The molecule has 1 fully saturated rings. The van der Waals surface area contributed by atoms with E-state index >= 15 is 0 Å². The van der Waals surface area contributed by atoms with Crippen molar-refractivity contribution in [1.82, 2.24) is 20.5 Å². The Kier molecular flexibility index (Phi) is 6.12. The minimum Gasteiger partial charge on any atom is -0.364 e. The van der Waals surface area contributed by atoms with Crippen LogP contribution in [0.15, 0.2) is 24.1 Å². The fourth-order valence-corrected chi connectivity index (χ4v) is 4.41. The number of thiophene rings is 1. The number of nitrogens with zero attached hydrogens (tertiary/aromatic N) is 4. The Hall–Kier alpha value is -3.01. The van der Waals surface area contributed by atoms with Crippen molar-refractivity contribution in [2.45, 2.75) is 38.8 Å². The Morgan fingerprint density at radius 1 is 1.38 bits per heavy atom. The standard InChI is InChI=1S/C19H25N7O2S/c1-5-14(27)21-12-6-7-13(11(12)3)26(4)19-23-18(16(17(20)28)24-25-19)22-15-8-10(2)9-29-15/h5,8-9,11-13H,1,6-7H2,2-4H3,(H2,20,28)(H,21,27)(H,22,23,25)/t11-,12?,13+/m0/s1. The summed E-state index contributed by atoms with van der Waals surface area (Å²) in [5.41, 5.74) is 6.53. The van der Waals surface area contributed by atoms with Gasteiger partial charge in [0.2, 0.25) is 11.9 Å². The normalized spacial score (nSPS) is 20.9. The molecule has 2 aromatic heterocycles. The van der Waals surface area contributed by atoms with Gasteiger partial charge in [0.1, 0.15) is 0 Å². The third-order valence-electron chi connectivity index (χ3n) is 5.22. The van der Waals surface area contributed by atoms with Crippen LogP contribution in [0.25, 0.3) is 0 Å². The predicted molar refractivity (Wildman–Crippen MR) is 113 cm³/mol. The highest BCUT2D eigenvalue weighted by Gasteiger charge is 2.37. The molecule has 3 rings (SSSR count). The second-order valence-corrected chi connectivity index (χ2v) is 8.13. The van der Waals surface area contributed by atoms with Crippen molar-refractivity contribution in [2.75, 3.05) is 17.3 Å². The van der Waals surface area contributed by atoms with Gasteiger partial charge < -0.3 is 21.3 Å². The minimum atomic E-state index is -0.698. The highest BCUT2D eigenvalue weighted by atomic mass is 32.1. The maximum Gasteiger partial charge on any atom is 0.273 e. The molecule has 1 saturated carbocycles. The lowest BCUT2D eigenvalue weighted by atomic mass is 10.0. The topological polar surface area (TPSA) is 126 Å². The smallest absolute Gasteiger partial charge is 0.273 e. The summed E-state index contributed by atoms with van der Waals surface area (Å²) in [6, 6.07) is 2.12. The second kappa shape index (κ2) is 8.56. The molecule has 2 amide bonds. The van der Waals surface area contributed by atoms with Gasteiger partial charge in [-0.1, -0.05) is 13.5 Å². The number of nitrogens with one attached hydrogen (secondary N) is 2. The molecule has 2 aromatic rings. The van der Waals surface area contributed by atoms with Crippen LogP contribution in [-0.2, 0) is 4.79 Å². The number of hydrogen-bond acceptors (Lipinski definition) is 8. The average molecular weight is 416 g/mol. The average Bonchev–Trinajstić information content (AvgIpc) is 3.26. The summed E-state index contributed by atoms with van der Waals surface area (Å²) < 4.78 is 0. The van der Waals surface area contributed by atoms with Crippen LogP contribution in [0.2, 0.25) is 0 Å². The number of rotatable bonds is 7. The molecule has 2 heterocycles. The van der Waals surface area contributed by atoms with Crippen LogP contribution in [0.1, 0.15) is 35.8 Å². The quantitative estimate of drug-likeness (QED) is 0.590. The van der Waals surface area contributed by atoms with Crippen molar-refractivity contribution in [3.05, 3.63) is 35.4 Å². The molecule has 0 aromatic carbocycles. The van der Waals surface area contributed by atoms with Crippen LogP contribution in [0, 0.1) is 12.8 Å². The van der Waals surface area contributed by atoms with Crippen LogP contribution in [0.5, 0.6) is 0 Å². The summed E-state index contributed by atoms with van der Waals surface area (Å²) in [4.78, 5) is 29.9. The van der Waals surface area contributed by atoms with E-state index in [-0.39, 0.29) is 35.4 Å². The van der Waals surface area contributed by atoms with Gasteiger partial charge in [-0.3, -0.25) is 9.59 Å². The summed E-state index contributed by atoms with van der Waals surface area (Å²) in [6.07, 6.45) is 3.00. The fourth-order valence-electron chi connectivity index (χ4n) is 3.62. The molecule has 0 aliphatic heterocycles. The second-order valence-electron chi connectivity index (χ2n) is 7.22. The molecule has 29 heavy (non-hydrogen) atoms. The molecular formula is C19H25N7O2S. The van der Waals surface area contributed by atoms with Gasteiger partial charge in [0.05, 0.1) is 5.00 Å². The van der Waals surface area contributed by atoms with E-state index < -0.39 is 5.91 Å². The van der Waals surface area contributed by atoms with Crippen molar-refractivity contribution in [2.24, 2.45) is 11.7 Å². The number of anilines is 3. The lowest BCUT2D eigenvalue weighted by Gasteiger charge is -2.29. The van der Waals surface area contributed by atoms with Gasteiger partial charge >= 0.3 is 0 Å². The molecule has 0 bridgehead atoms. The van der Waals surface area contributed by atoms with Crippen molar-refractivity contribution in [3.63, 3.8) is 0 Å². The van der Waals surface area contributed by atoms with Gasteiger partial charge in [-0.05, 0) is 48.8 Å². The molecular weight excluding hydrogens is 390 g/mol. The number of aromatic nitrogens is 3. The van der Waals surface area contributed by atoms with Crippen LogP contribution in [0.4, 0.5) is 16.8 Å². The fraction of sp³-hybridized carbons (Fsp3) is 0.421. The van der Waals surface area contributed by atoms with E-state index in [0.29, 0.717) is 5.95 Å². The Morgan fingerprint density at radius 3 is 2.76 bits per heavy atom. The molecule has 10 heteroatoms.